The van der Waals surface area contributed by atoms with E-state index < -0.39 is 0 Å². The first-order chi connectivity index (χ1) is 8.83. The fraction of sp³-hybridized carbons (Fsp3) is 0.846. The lowest BCUT2D eigenvalue weighted by Gasteiger charge is -2.14. The standard InChI is InChI=1S/C13H24N4O/c1-3-7-11(14-4-2)10-12-15-13(16-18-12)17-8-5-6-9-17/h11,14H,3-10H2,1-2H3. The summed E-state index contributed by atoms with van der Waals surface area (Å²) < 4.78 is 5.36. The predicted molar refractivity (Wildman–Crippen MR) is 71.8 cm³/mol. The minimum absolute atomic E-state index is 0.451. The molecule has 0 saturated carbocycles. The van der Waals surface area contributed by atoms with Crippen molar-refractivity contribution >= 4 is 5.95 Å². The van der Waals surface area contributed by atoms with Crippen LogP contribution in [0.1, 0.15) is 45.4 Å². The van der Waals surface area contributed by atoms with Gasteiger partial charge in [0.2, 0.25) is 5.89 Å². The molecule has 0 radical (unpaired) electrons. The molecular formula is C13H24N4O. The molecule has 1 fully saturated rings. The zero-order valence-corrected chi connectivity index (χ0v) is 11.5. The van der Waals surface area contributed by atoms with Gasteiger partial charge in [0.25, 0.3) is 5.95 Å². The van der Waals surface area contributed by atoms with Gasteiger partial charge in [0, 0.05) is 25.6 Å². The third-order valence-electron chi connectivity index (χ3n) is 3.40. The van der Waals surface area contributed by atoms with Crippen molar-refractivity contribution < 1.29 is 4.52 Å². The van der Waals surface area contributed by atoms with Crippen LogP contribution in [-0.4, -0.2) is 35.8 Å². The number of anilines is 1. The number of hydrogen-bond acceptors (Lipinski definition) is 5. The van der Waals surface area contributed by atoms with E-state index in [1.165, 1.54) is 19.3 Å². The lowest BCUT2D eigenvalue weighted by molar-refractivity contribution is 0.351. The van der Waals surface area contributed by atoms with Crippen LogP contribution in [0, 0.1) is 0 Å². The quantitative estimate of drug-likeness (QED) is 0.804. The van der Waals surface area contributed by atoms with Crippen LogP contribution in [0.4, 0.5) is 5.95 Å². The van der Waals surface area contributed by atoms with E-state index in [0.717, 1.165) is 44.3 Å². The summed E-state index contributed by atoms with van der Waals surface area (Å²) >= 11 is 0. The second-order valence-corrected chi connectivity index (χ2v) is 4.93. The summed E-state index contributed by atoms with van der Waals surface area (Å²) in [6.07, 6.45) is 5.63. The van der Waals surface area contributed by atoms with E-state index in [1.807, 2.05) is 0 Å². The number of nitrogens with one attached hydrogen (secondary N) is 1. The van der Waals surface area contributed by atoms with Crippen LogP contribution < -0.4 is 10.2 Å². The molecule has 102 valence electrons. The maximum Gasteiger partial charge on any atom is 0.266 e. The highest BCUT2D eigenvalue weighted by Crippen LogP contribution is 2.17. The summed E-state index contributed by atoms with van der Waals surface area (Å²) in [7, 11) is 0. The number of likely N-dealkylation sites (N-methyl/N-ethyl adjacent to an activating group) is 1. The van der Waals surface area contributed by atoms with Crippen LogP contribution in [0.25, 0.3) is 0 Å². The highest BCUT2D eigenvalue weighted by molar-refractivity contribution is 5.28. The van der Waals surface area contributed by atoms with Gasteiger partial charge in [-0.05, 0) is 31.0 Å². The molecule has 1 aliphatic rings. The third kappa shape index (κ3) is 3.45. The van der Waals surface area contributed by atoms with Gasteiger partial charge in [0.15, 0.2) is 0 Å². The van der Waals surface area contributed by atoms with E-state index in [9.17, 15) is 0 Å². The molecular weight excluding hydrogens is 228 g/mol. The Labute approximate surface area is 109 Å². The molecule has 0 bridgehead atoms. The minimum Gasteiger partial charge on any atom is -0.338 e. The van der Waals surface area contributed by atoms with Gasteiger partial charge in [-0.15, -0.1) is 0 Å². The third-order valence-corrected chi connectivity index (χ3v) is 3.40. The largest absolute Gasteiger partial charge is 0.338 e. The van der Waals surface area contributed by atoms with Crippen LogP contribution >= 0.6 is 0 Å². The molecule has 0 aromatic carbocycles. The summed E-state index contributed by atoms with van der Waals surface area (Å²) in [5.41, 5.74) is 0. The molecule has 1 atom stereocenters. The molecule has 5 heteroatoms. The van der Waals surface area contributed by atoms with E-state index >= 15 is 0 Å². The Kier molecular flexibility index (Phi) is 4.99. The van der Waals surface area contributed by atoms with Crippen molar-refractivity contribution in [3.8, 4) is 0 Å². The molecule has 5 nitrogen and oxygen atoms in total. The number of nitrogens with zero attached hydrogens (tertiary/aromatic N) is 3. The first kappa shape index (κ1) is 13.3. The highest BCUT2D eigenvalue weighted by atomic mass is 16.5. The fourth-order valence-electron chi connectivity index (χ4n) is 2.50. The van der Waals surface area contributed by atoms with Gasteiger partial charge in [0.05, 0.1) is 0 Å². The summed E-state index contributed by atoms with van der Waals surface area (Å²) in [4.78, 5) is 6.71. The van der Waals surface area contributed by atoms with Gasteiger partial charge in [-0.2, -0.15) is 4.98 Å². The maximum absolute atomic E-state index is 5.36. The molecule has 0 spiro atoms. The van der Waals surface area contributed by atoms with E-state index in [0.29, 0.717) is 6.04 Å². The van der Waals surface area contributed by atoms with Crippen molar-refractivity contribution in [1.82, 2.24) is 15.5 Å². The SMILES string of the molecule is CCCC(Cc1nc(N2CCCC2)no1)NCC. The Balaban J connectivity index is 1.91. The zero-order valence-electron chi connectivity index (χ0n) is 11.5. The van der Waals surface area contributed by atoms with Crippen molar-refractivity contribution in [1.29, 1.82) is 0 Å². The van der Waals surface area contributed by atoms with Gasteiger partial charge >= 0.3 is 0 Å². The first-order valence-electron chi connectivity index (χ1n) is 7.14. The molecule has 0 amide bonds. The predicted octanol–water partition coefficient (Wildman–Crippen LogP) is 1.99. The summed E-state index contributed by atoms with van der Waals surface area (Å²) in [6.45, 7) is 7.44. The molecule has 0 aliphatic carbocycles. The molecule has 1 aromatic heterocycles. The summed E-state index contributed by atoms with van der Waals surface area (Å²) in [5, 5.41) is 7.55. The van der Waals surface area contributed by atoms with Gasteiger partial charge in [-0.3, -0.25) is 0 Å². The topological polar surface area (TPSA) is 54.2 Å². The minimum atomic E-state index is 0.451. The molecule has 1 N–H and O–H groups in total. The summed E-state index contributed by atoms with van der Waals surface area (Å²) in [6, 6.07) is 0.451. The first-order valence-corrected chi connectivity index (χ1v) is 7.14. The molecule has 2 heterocycles. The van der Waals surface area contributed by atoms with Gasteiger partial charge in [0.1, 0.15) is 0 Å². The maximum atomic E-state index is 5.36. The van der Waals surface area contributed by atoms with Gasteiger partial charge < -0.3 is 14.7 Å². The highest BCUT2D eigenvalue weighted by Gasteiger charge is 2.19. The van der Waals surface area contributed by atoms with Gasteiger partial charge in [-0.1, -0.05) is 20.3 Å². The second-order valence-electron chi connectivity index (χ2n) is 4.93. The lowest BCUT2D eigenvalue weighted by atomic mass is 10.1. The van der Waals surface area contributed by atoms with E-state index in [4.69, 9.17) is 4.52 Å². The molecule has 1 unspecified atom stereocenters. The zero-order chi connectivity index (χ0) is 12.8. The van der Waals surface area contributed by atoms with E-state index in [2.05, 4.69) is 34.2 Å². The smallest absolute Gasteiger partial charge is 0.266 e. The molecule has 1 aromatic rings. The van der Waals surface area contributed by atoms with E-state index in [-0.39, 0.29) is 0 Å². The van der Waals surface area contributed by atoms with Crippen LogP contribution in [-0.2, 0) is 6.42 Å². The number of rotatable bonds is 7. The van der Waals surface area contributed by atoms with Crippen LogP contribution in [0.5, 0.6) is 0 Å². The van der Waals surface area contributed by atoms with E-state index in [1.54, 1.807) is 0 Å². The average molecular weight is 252 g/mol. The van der Waals surface area contributed by atoms with Crippen molar-refractivity contribution in [3.05, 3.63) is 5.89 Å². The Morgan fingerprint density at radius 1 is 1.33 bits per heavy atom. The number of aromatic nitrogens is 2. The average Bonchev–Trinajstić information content (AvgIpc) is 2.98. The van der Waals surface area contributed by atoms with Crippen LogP contribution in [0.2, 0.25) is 0 Å². The van der Waals surface area contributed by atoms with Crippen molar-refractivity contribution in [2.75, 3.05) is 24.5 Å². The monoisotopic (exact) mass is 252 g/mol. The molecule has 1 saturated heterocycles. The molecule has 18 heavy (non-hydrogen) atoms. The van der Waals surface area contributed by atoms with Crippen LogP contribution in [0.3, 0.4) is 0 Å². The Hall–Kier alpha value is -1.10. The number of hydrogen-bond donors (Lipinski definition) is 1. The Bertz CT molecular complexity index is 341. The molecule has 1 aliphatic heterocycles. The second kappa shape index (κ2) is 6.73. The fourth-order valence-corrected chi connectivity index (χ4v) is 2.50. The van der Waals surface area contributed by atoms with Crippen molar-refractivity contribution in [2.24, 2.45) is 0 Å². The van der Waals surface area contributed by atoms with Crippen molar-refractivity contribution in [3.63, 3.8) is 0 Å². The van der Waals surface area contributed by atoms with Gasteiger partial charge in [-0.25, -0.2) is 0 Å². The summed E-state index contributed by atoms with van der Waals surface area (Å²) in [5.74, 6) is 1.53. The Morgan fingerprint density at radius 2 is 2.11 bits per heavy atom. The normalized spacial score (nSPS) is 17.3. The van der Waals surface area contributed by atoms with Crippen LogP contribution in [0.15, 0.2) is 4.52 Å². The lowest BCUT2D eigenvalue weighted by Crippen LogP contribution is -2.30. The molecule has 2 rings (SSSR count). The van der Waals surface area contributed by atoms with Crippen molar-refractivity contribution in [2.45, 2.75) is 52.0 Å². The Morgan fingerprint density at radius 3 is 2.78 bits per heavy atom.